The summed E-state index contributed by atoms with van der Waals surface area (Å²) in [4.78, 5) is 46.9. The van der Waals surface area contributed by atoms with E-state index < -0.39 is 30.0 Å². The number of amides is 2. The van der Waals surface area contributed by atoms with Gasteiger partial charge in [-0.1, -0.05) is 36.5 Å². The van der Waals surface area contributed by atoms with Gasteiger partial charge in [0.05, 0.1) is 24.7 Å². The number of benzene rings is 1. The van der Waals surface area contributed by atoms with E-state index in [2.05, 4.69) is 14.9 Å². The highest BCUT2D eigenvalue weighted by atomic mass is 16.5. The number of carbonyl (C=O) groups excluding carboxylic acids is 3. The van der Waals surface area contributed by atoms with E-state index in [0.29, 0.717) is 23.7 Å². The summed E-state index contributed by atoms with van der Waals surface area (Å²) in [5.41, 5.74) is 17.1. The first-order valence-electron chi connectivity index (χ1n) is 14.6. The molecule has 2 N–H and O–H groups in total. The molecule has 0 radical (unpaired) electrons. The van der Waals surface area contributed by atoms with Gasteiger partial charge in [0.1, 0.15) is 12.6 Å². The number of piperidine rings is 1. The molecule has 1 saturated carbocycles. The molecule has 4 aliphatic rings. The van der Waals surface area contributed by atoms with Gasteiger partial charge in [-0.05, 0) is 73.3 Å². The molecule has 5 rings (SSSR count). The van der Waals surface area contributed by atoms with Crippen molar-refractivity contribution in [3.63, 3.8) is 0 Å². The van der Waals surface area contributed by atoms with Gasteiger partial charge in [0.2, 0.25) is 11.8 Å². The Morgan fingerprint density at radius 2 is 1.95 bits per heavy atom. The molecule has 1 aromatic carbocycles. The molecule has 2 amide bonds. The second-order valence-corrected chi connectivity index (χ2v) is 11.6. The summed E-state index contributed by atoms with van der Waals surface area (Å²) in [6, 6.07) is 4.41. The fraction of sp³-hybridized carbons (Fsp3) is 0.690. The van der Waals surface area contributed by atoms with Crippen molar-refractivity contribution in [1.29, 1.82) is 0 Å². The monoisotopic (exact) mass is 552 g/mol. The number of ether oxygens (including phenoxy) is 2. The summed E-state index contributed by atoms with van der Waals surface area (Å²) < 4.78 is 10.9. The van der Waals surface area contributed by atoms with Crippen molar-refractivity contribution < 1.29 is 23.9 Å². The van der Waals surface area contributed by atoms with Crippen molar-refractivity contribution in [2.45, 2.75) is 75.0 Å². The Morgan fingerprint density at radius 3 is 2.62 bits per heavy atom. The molecule has 3 heterocycles. The Morgan fingerprint density at radius 1 is 1.20 bits per heavy atom. The molecule has 4 fully saturated rings. The number of primary amides is 1. The van der Waals surface area contributed by atoms with Gasteiger partial charge in [-0.2, -0.15) is 0 Å². The van der Waals surface area contributed by atoms with Crippen LogP contribution in [0.4, 0.5) is 0 Å². The Kier molecular flexibility index (Phi) is 9.05. The van der Waals surface area contributed by atoms with Gasteiger partial charge in [0, 0.05) is 30.7 Å². The van der Waals surface area contributed by atoms with E-state index >= 15 is 0 Å². The number of nitrogens with zero attached hydrogens (tertiary/aromatic N) is 5. The van der Waals surface area contributed by atoms with Crippen LogP contribution in [0.5, 0.6) is 0 Å². The van der Waals surface area contributed by atoms with Gasteiger partial charge < -0.3 is 25.0 Å². The lowest BCUT2D eigenvalue weighted by atomic mass is 9.73. The number of methoxy groups -OCH3 is 1. The predicted molar refractivity (Wildman–Crippen MR) is 148 cm³/mol. The Bertz CT molecular complexity index is 1160. The molecule has 4 atom stereocenters. The number of azide groups is 1. The second kappa shape index (κ2) is 12.7. The quantitative estimate of drug-likeness (QED) is 0.282. The van der Waals surface area contributed by atoms with Crippen LogP contribution in [0.1, 0.15) is 78.3 Å². The van der Waals surface area contributed by atoms with Crippen LogP contribution in [-0.4, -0.2) is 92.1 Å². The maximum Gasteiger partial charge on any atom is 0.249 e. The van der Waals surface area contributed by atoms with E-state index in [1.807, 2.05) is 12.1 Å². The van der Waals surface area contributed by atoms with E-state index in [0.717, 1.165) is 70.1 Å². The summed E-state index contributed by atoms with van der Waals surface area (Å²) in [5.74, 6) is -1.21. The minimum Gasteiger partial charge on any atom is -0.383 e. The van der Waals surface area contributed by atoms with E-state index in [1.165, 1.54) is 0 Å². The van der Waals surface area contributed by atoms with Gasteiger partial charge in [-0.15, -0.1) is 0 Å². The molecular weight excluding hydrogens is 512 g/mol. The lowest BCUT2D eigenvalue weighted by Crippen LogP contribution is -2.46. The van der Waals surface area contributed by atoms with E-state index in [4.69, 9.17) is 20.7 Å². The minimum absolute atomic E-state index is 0.0277. The normalized spacial score (nSPS) is 26.9. The number of fused-ring (bicyclic) bond motifs is 1. The second-order valence-electron chi connectivity index (χ2n) is 11.6. The van der Waals surface area contributed by atoms with Crippen molar-refractivity contribution in [3.8, 4) is 0 Å². The zero-order chi connectivity index (χ0) is 28.2. The van der Waals surface area contributed by atoms with Crippen molar-refractivity contribution >= 4 is 17.6 Å². The van der Waals surface area contributed by atoms with E-state index in [9.17, 15) is 14.4 Å². The van der Waals surface area contributed by atoms with Crippen LogP contribution in [-0.2, 0) is 19.1 Å². The number of carbonyl (C=O) groups is 3. The summed E-state index contributed by atoms with van der Waals surface area (Å²) in [7, 11) is 1.72. The van der Waals surface area contributed by atoms with Crippen molar-refractivity contribution in [1.82, 2.24) is 9.80 Å². The van der Waals surface area contributed by atoms with E-state index in [-0.39, 0.29) is 30.8 Å². The summed E-state index contributed by atoms with van der Waals surface area (Å²) in [5, 5.41) is 3.85. The molecule has 40 heavy (non-hydrogen) atoms. The zero-order valence-corrected chi connectivity index (χ0v) is 23.2. The van der Waals surface area contributed by atoms with Crippen LogP contribution in [0.25, 0.3) is 10.4 Å². The molecule has 11 heteroatoms. The highest BCUT2D eigenvalue weighted by Crippen LogP contribution is 2.42. The lowest BCUT2D eigenvalue weighted by molar-refractivity contribution is -0.139. The summed E-state index contributed by atoms with van der Waals surface area (Å²) >= 11 is 0. The molecule has 0 spiro atoms. The first-order valence-corrected chi connectivity index (χ1v) is 14.6. The van der Waals surface area contributed by atoms with Crippen LogP contribution in [0.3, 0.4) is 0 Å². The topological polar surface area (TPSA) is 151 Å². The fourth-order valence-electron chi connectivity index (χ4n) is 7.29. The average Bonchev–Trinajstić information content (AvgIpc) is 3.53. The van der Waals surface area contributed by atoms with Crippen molar-refractivity contribution in [3.05, 3.63) is 45.3 Å². The third-order valence-corrected chi connectivity index (χ3v) is 9.37. The lowest BCUT2D eigenvalue weighted by Gasteiger charge is -2.36. The van der Waals surface area contributed by atoms with Crippen molar-refractivity contribution in [2.24, 2.45) is 16.8 Å². The number of hydrogen-bond donors (Lipinski definition) is 1. The largest absolute Gasteiger partial charge is 0.383 e. The van der Waals surface area contributed by atoms with Crippen LogP contribution in [0, 0.1) is 5.92 Å². The Hall–Kier alpha value is -2.98. The van der Waals surface area contributed by atoms with Gasteiger partial charge >= 0.3 is 0 Å². The van der Waals surface area contributed by atoms with E-state index in [1.54, 1.807) is 18.1 Å². The number of Topliss-reactive ketones (excluding diaryl/α,β-unsaturated/α-hetero) is 1. The molecule has 3 saturated heterocycles. The maximum absolute atomic E-state index is 14.5. The summed E-state index contributed by atoms with van der Waals surface area (Å²) in [6.45, 7) is 3.57. The van der Waals surface area contributed by atoms with Crippen LogP contribution >= 0.6 is 0 Å². The van der Waals surface area contributed by atoms with Crippen LogP contribution < -0.4 is 5.73 Å². The Labute approximate surface area is 235 Å². The predicted octanol–water partition coefficient (Wildman–Crippen LogP) is 3.13. The molecule has 1 aromatic rings. The highest BCUT2D eigenvalue weighted by molar-refractivity contribution is 5.99. The summed E-state index contributed by atoms with van der Waals surface area (Å²) in [6.07, 6.45) is 6.19. The van der Waals surface area contributed by atoms with Gasteiger partial charge in [-0.3, -0.25) is 14.4 Å². The molecule has 0 bridgehead atoms. The SMILES string of the molecule is COCCN1CCC(c2ccc(C(N)=O)c([C@@H](C(=O)N3C[C@@H](N=[N+]=[N-])[C@H]4OCC(=O)[C@H]43)C3CCCCC3)c2)CC1. The maximum atomic E-state index is 14.5. The van der Waals surface area contributed by atoms with Crippen LogP contribution in [0.2, 0.25) is 0 Å². The van der Waals surface area contributed by atoms with Gasteiger partial charge in [0.15, 0.2) is 5.78 Å². The van der Waals surface area contributed by atoms with Crippen molar-refractivity contribution in [2.75, 3.05) is 46.5 Å². The number of rotatable bonds is 9. The average molecular weight is 553 g/mol. The first-order chi connectivity index (χ1) is 19.4. The third kappa shape index (κ3) is 5.74. The number of ketones is 1. The molecule has 216 valence electrons. The van der Waals surface area contributed by atoms with Gasteiger partial charge in [0.25, 0.3) is 0 Å². The number of nitrogens with two attached hydrogens (primary N) is 1. The number of likely N-dealkylation sites (tertiary alicyclic amines) is 2. The third-order valence-electron chi connectivity index (χ3n) is 9.37. The molecule has 0 aromatic heterocycles. The molecular formula is C29H40N6O5. The molecule has 0 unspecified atom stereocenters. The fourth-order valence-corrected chi connectivity index (χ4v) is 7.29. The minimum atomic E-state index is -0.772. The Balaban J connectivity index is 1.49. The first kappa shape index (κ1) is 28.5. The molecule has 11 nitrogen and oxygen atoms in total. The zero-order valence-electron chi connectivity index (χ0n) is 23.2. The van der Waals surface area contributed by atoms with Gasteiger partial charge in [-0.25, -0.2) is 0 Å². The smallest absolute Gasteiger partial charge is 0.249 e. The molecule has 1 aliphatic carbocycles. The highest BCUT2D eigenvalue weighted by Gasteiger charge is 2.53. The number of hydrogen-bond acceptors (Lipinski definition) is 7. The van der Waals surface area contributed by atoms with Crippen LogP contribution in [0.15, 0.2) is 23.3 Å². The molecule has 3 aliphatic heterocycles. The standard InChI is InChI=1S/C29H40N6O5/c1-39-14-13-34-11-9-18(10-12-34)20-7-8-21(28(30)37)22(15-20)25(19-5-3-2-4-6-19)29(38)35-16-23(32-33-31)27-26(35)24(36)17-40-27/h7-8,15,18-19,23,25-27H,2-6,9-14,16-17H2,1H3,(H2,30,37)/t23-,25+,26-,27-/m1/s1.